The number of nitrogen functional groups attached to an aromatic ring is 1. The summed E-state index contributed by atoms with van der Waals surface area (Å²) in [5.74, 6) is -1.52. The van der Waals surface area contributed by atoms with Crippen molar-refractivity contribution in [2.75, 3.05) is 19.3 Å². The Morgan fingerprint density at radius 1 is 1.06 bits per heavy atom. The zero-order valence-corrected chi connectivity index (χ0v) is 17.0. The molecule has 2 aromatic rings. The summed E-state index contributed by atoms with van der Waals surface area (Å²) in [4.78, 5) is 17.5. The number of hydrogen-bond donors (Lipinski definition) is 5. The Morgan fingerprint density at radius 2 is 1.77 bits per heavy atom. The molecule has 9 heteroatoms. The molecule has 0 radical (unpaired) electrons. The number of nitrogens with two attached hydrogens (primary N) is 1. The molecular weight excluding hydrogens is 404 g/mol. The van der Waals surface area contributed by atoms with Gasteiger partial charge in [-0.25, -0.2) is 4.79 Å². The fourth-order valence-corrected chi connectivity index (χ4v) is 4.46. The molecule has 2 aliphatic heterocycles. The molecule has 2 aliphatic rings. The summed E-state index contributed by atoms with van der Waals surface area (Å²) in [7, 11) is 1.79. The maximum absolute atomic E-state index is 11.4. The van der Waals surface area contributed by atoms with Crippen molar-refractivity contribution in [3.63, 3.8) is 0 Å². The second kappa shape index (κ2) is 8.19. The van der Waals surface area contributed by atoms with E-state index in [2.05, 4.69) is 0 Å². The lowest BCUT2D eigenvalue weighted by Gasteiger charge is -2.45. The highest BCUT2D eigenvalue weighted by Gasteiger charge is 2.51. The first-order valence-electron chi connectivity index (χ1n) is 10.1. The summed E-state index contributed by atoms with van der Waals surface area (Å²) >= 11 is 0. The number of anilines is 1. The zero-order valence-electron chi connectivity index (χ0n) is 17.0. The van der Waals surface area contributed by atoms with Gasteiger partial charge in [-0.05, 0) is 17.2 Å². The summed E-state index contributed by atoms with van der Waals surface area (Å²) in [5.41, 5.74) is 9.91. The summed E-state index contributed by atoms with van der Waals surface area (Å²) in [6.45, 7) is 0.817. The fourth-order valence-electron chi connectivity index (χ4n) is 4.46. The number of aliphatic carboxylic acids is 1. The predicted molar refractivity (Wildman–Crippen MR) is 109 cm³/mol. The summed E-state index contributed by atoms with van der Waals surface area (Å²) in [5, 5.41) is 39.8. The minimum Gasteiger partial charge on any atom is -0.479 e. The zero-order chi connectivity index (χ0) is 22.3. The number of aliphatic hydroxyl groups excluding tert-OH is 3. The van der Waals surface area contributed by atoms with Crippen LogP contribution in [-0.2, 0) is 20.9 Å². The maximum atomic E-state index is 11.4. The number of hydroxylamine groups is 3. The van der Waals surface area contributed by atoms with Crippen LogP contribution in [0.5, 0.6) is 0 Å². The molecule has 0 bridgehead atoms. The average Bonchev–Trinajstić information content (AvgIpc) is 2.75. The second-order valence-electron chi connectivity index (χ2n) is 8.36. The van der Waals surface area contributed by atoms with E-state index in [0.717, 1.165) is 16.7 Å². The van der Waals surface area contributed by atoms with E-state index in [-0.39, 0.29) is 10.6 Å². The van der Waals surface area contributed by atoms with Gasteiger partial charge in [0.25, 0.3) is 0 Å². The fraction of sp³-hybridized carbons (Fsp3) is 0.409. The maximum Gasteiger partial charge on any atom is 0.335 e. The van der Waals surface area contributed by atoms with Gasteiger partial charge in [0.2, 0.25) is 6.29 Å². The molecule has 7 atom stereocenters. The molecule has 6 N–H and O–H groups in total. The largest absolute Gasteiger partial charge is 0.479 e. The molecule has 0 aromatic heterocycles. The van der Waals surface area contributed by atoms with Gasteiger partial charge in [0.05, 0.1) is 13.0 Å². The molecule has 0 aliphatic carbocycles. The van der Waals surface area contributed by atoms with Crippen LogP contribution in [0.15, 0.2) is 48.5 Å². The Labute approximate surface area is 179 Å². The lowest BCUT2D eigenvalue weighted by atomic mass is 9.84. The van der Waals surface area contributed by atoms with Gasteiger partial charge in [0, 0.05) is 11.3 Å². The Kier molecular flexibility index (Phi) is 5.73. The molecular formula is C22H27N2O7+. The average molecular weight is 431 g/mol. The third-order valence-corrected chi connectivity index (χ3v) is 6.06. The van der Waals surface area contributed by atoms with Crippen molar-refractivity contribution < 1.29 is 39.4 Å². The van der Waals surface area contributed by atoms with Crippen LogP contribution in [-0.4, -0.2) is 75.3 Å². The Morgan fingerprint density at radius 3 is 2.45 bits per heavy atom. The van der Waals surface area contributed by atoms with E-state index < -0.39 is 36.7 Å². The Balaban J connectivity index is 1.67. The highest BCUT2D eigenvalue weighted by molar-refractivity contribution is 5.73. The predicted octanol–water partition coefficient (Wildman–Crippen LogP) is 0.185. The van der Waals surface area contributed by atoms with Gasteiger partial charge >= 0.3 is 5.97 Å². The smallest absolute Gasteiger partial charge is 0.335 e. The molecule has 7 unspecified atom stereocenters. The van der Waals surface area contributed by atoms with Crippen LogP contribution in [0.3, 0.4) is 0 Å². The van der Waals surface area contributed by atoms with E-state index in [1.807, 2.05) is 48.5 Å². The number of hydrogen-bond acceptors (Lipinski definition) is 7. The number of carboxylic acids is 1. The number of aliphatic hydroxyl groups is 3. The standard InChI is InChI=1S/C22H26N2O7/c1-24(31-22-19(27)17(25)18(26)20(30-22)21(28)29)10-14(12-6-3-2-4-7-12)13-8-5-9-16(23)15(13)11-24/h2-9,14,17-20,22,25-27H,10-11,23H2,1H3/p+1. The third kappa shape index (κ3) is 4.03. The van der Waals surface area contributed by atoms with Gasteiger partial charge < -0.3 is 30.9 Å². The van der Waals surface area contributed by atoms with Gasteiger partial charge in [-0.15, -0.1) is 0 Å². The molecule has 4 rings (SSSR count). The van der Waals surface area contributed by atoms with Crippen molar-refractivity contribution in [3.8, 4) is 0 Å². The van der Waals surface area contributed by atoms with Crippen LogP contribution in [0.4, 0.5) is 5.69 Å². The van der Waals surface area contributed by atoms with Crippen molar-refractivity contribution in [1.29, 1.82) is 0 Å². The number of fused-ring (bicyclic) bond motifs is 1. The van der Waals surface area contributed by atoms with Crippen molar-refractivity contribution in [1.82, 2.24) is 0 Å². The topological polar surface area (TPSA) is 142 Å². The van der Waals surface area contributed by atoms with E-state index in [4.69, 9.17) is 15.3 Å². The Bertz CT molecular complexity index is 956. The molecule has 0 saturated carbocycles. The lowest BCUT2D eigenvalue weighted by Crippen LogP contribution is -2.63. The van der Waals surface area contributed by atoms with Crippen LogP contribution in [0, 0.1) is 0 Å². The van der Waals surface area contributed by atoms with Crippen molar-refractivity contribution in [2.45, 2.75) is 43.2 Å². The van der Waals surface area contributed by atoms with Gasteiger partial charge in [-0.1, -0.05) is 42.5 Å². The van der Waals surface area contributed by atoms with E-state index in [0.29, 0.717) is 18.8 Å². The van der Waals surface area contributed by atoms with Crippen molar-refractivity contribution >= 4 is 11.7 Å². The van der Waals surface area contributed by atoms with E-state index in [9.17, 15) is 25.2 Å². The second-order valence-corrected chi connectivity index (χ2v) is 8.36. The summed E-state index contributed by atoms with van der Waals surface area (Å²) < 4.78 is 5.27. The third-order valence-electron chi connectivity index (χ3n) is 6.06. The van der Waals surface area contributed by atoms with Gasteiger partial charge in [0.1, 0.15) is 31.4 Å². The van der Waals surface area contributed by atoms with Crippen LogP contribution in [0.2, 0.25) is 0 Å². The quantitative estimate of drug-likeness (QED) is 0.341. The van der Waals surface area contributed by atoms with Crippen LogP contribution < -0.4 is 5.73 Å². The van der Waals surface area contributed by atoms with Gasteiger partial charge in [-0.3, -0.25) is 0 Å². The molecule has 1 saturated heterocycles. The molecule has 1 fully saturated rings. The summed E-state index contributed by atoms with van der Waals surface area (Å²) in [6.07, 6.45) is -8.29. The Hall–Kier alpha value is -2.53. The van der Waals surface area contributed by atoms with Crippen LogP contribution >= 0.6 is 0 Å². The lowest BCUT2D eigenvalue weighted by molar-refractivity contribution is -1.11. The SMILES string of the molecule is C[N+]1(OC2OC(C(=O)O)C(O)C(O)C2O)Cc2c(N)cccc2C(c2ccccc2)C1. The van der Waals surface area contributed by atoms with Crippen LogP contribution in [0.1, 0.15) is 22.6 Å². The number of benzene rings is 2. The number of carboxylic acid groups (broad SMARTS) is 1. The molecule has 0 amide bonds. The number of rotatable bonds is 4. The first-order chi connectivity index (χ1) is 14.7. The van der Waals surface area contributed by atoms with E-state index >= 15 is 0 Å². The molecule has 166 valence electrons. The molecule has 0 spiro atoms. The normalized spacial score (nSPS) is 35.4. The van der Waals surface area contributed by atoms with Gasteiger partial charge in [-0.2, -0.15) is 9.48 Å². The van der Waals surface area contributed by atoms with Crippen molar-refractivity contribution in [3.05, 3.63) is 65.2 Å². The summed E-state index contributed by atoms with van der Waals surface area (Å²) in [6, 6.07) is 15.6. The van der Waals surface area contributed by atoms with E-state index in [1.165, 1.54) is 0 Å². The van der Waals surface area contributed by atoms with Crippen LogP contribution in [0.25, 0.3) is 0 Å². The molecule has 2 heterocycles. The number of ether oxygens (including phenoxy) is 1. The molecule has 31 heavy (non-hydrogen) atoms. The number of carbonyl (C=O) groups is 1. The molecule has 9 nitrogen and oxygen atoms in total. The highest BCUT2D eigenvalue weighted by atomic mass is 16.8. The minimum absolute atomic E-state index is 0.0648. The highest BCUT2D eigenvalue weighted by Crippen LogP contribution is 2.40. The van der Waals surface area contributed by atoms with E-state index in [1.54, 1.807) is 7.05 Å². The minimum atomic E-state index is -1.77. The first-order valence-corrected chi connectivity index (χ1v) is 10.1. The van der Waals surface area contributed by atoms with Crippen molar-refractivity contribution in [2.24, 2.45) is 0 Å². The number of nitrogens with zero attached hydrogens (tertiary/aromatic N) is 1. The monoisotopic (exact) mass is 431 g/mol. The number of quaternary nitrogens is 1. The van der Waals surface area contributed by atoms with Gasteiger partial charge in [0.15, 0.2) is 6.10 Å². The number of likely N-dealkylation sites (N-methyl/N-ethyl adjacent to an activating group) is 1. The first kappa shape index (κ1) is 21.7. The molecule has 2 aromatic carbocycles.